The third-order valence-corrected chi connectivity index (χ3v) is 9.46. The number of hydrogen-bond acceptors (Lipinski definition) is 8. The number of nitro groups is 1. The number of likely N-dealkylation sites (tertiary alicyclic amines) is 1. The number of non-ortho nitro benzene ring substituents is 1. The number of carbonyl (C=O) groups is 2. The van der Waals surface area contributed by atoms with E-state index >= 15 is 0 Å². The lowest BCUT2D eigenvalue weighted by molar-refractivity contribution is -0.384. The molecule has 0 aromatic heterocycles. The van der Waals surface area contributed by atoms with Gasteiger partial charge in [-0.3, -0.25) is 29.6 Å². The molecule has 3 amide bonds. The molecular weight excluding hydrogens is 586 g/mol. The predicted molar refractivity (Wildman–Crippen MR) is 176 cm³/mol. The number of piperidine rings is 2. The number of anilines is 2. The van der Waals surface area contributed by atoms with E-state index in [0.717, 1.165) is 80.1 Å². The molecule has 3 heterocycles. The Morgan fingerprint density at radius 1 is 0.848 bits per heavy atom. The van der Waals surface area contributed by atoms with E-state index in [4.69, 9.17) is 9.47 Å². The summed E-state index contributed by atoms with van der Waals surface area (Å²) < 4.78 is 11.3. The van der Waals surface area contributed by atoms with E-state index in [0.29, 0.717) is 18.3 Å². The minimum Gasteiger partial charge on any atom is -0.497 e. The van der Waals surface area contributed by atoms with Crippen LogP contribution in [0.2, 0.25) is 0 Å². The maximum atomic E-state index is 13.5. The number of urea groups is 1. The van der Waals surface area contributed by atoms with Gasteiger partial charge in [-0.15, -0.1) is 0 Å². The van der Waals surface area contributed by atoms with Crippen molar-refractivity contribution in [2.24, 2.45) is 0 Å². The summed E-state index contributed by atoms with van der Waals surface area (Å²) in [6.45, 7) is 6.54. The van der Waals surface area contributed by atoms with E-state index in [-0.39, 0.29) is 36.7 Å². The largest absolute Gasteiger partial charge is 0.497 e. The molecule has 11 heteroatoms. The Balaban J connectivity index is 1.00. The van der Waals surface area contributed by atoms with Crippen molar-refractivity contribution in [3.63, 3.8) is 0 Å². The second kappa shape index (κ2) is 13.8. The lowest BCUT2D eigenvalue weighted by Gasteiger charge is -2.42. The number of imide groups is 1. The van der Waals surface area contributed by atoms with Gasteiger partial charge in [0, 0.05) is 68.7 Å². The molecule has 242 valence electrons. The number of methoxy groups -OCH3 is 1. The molecule has 0 spiro atoms. The maximum absolute atomic E-state index is 13.5. The Bertz CT molecular complexity index is 1550. The first-order valence-electron chi connectivity index (χ1n) is 16.0. The second-order valence-corrected chi connectivity index (χ2v) is 12.3. The number of aryl methyl sites for hydroxylation is 1. The molecule has 3 fully saturated rings. The number of ether oxygens (including phenoxy) is 2. The number of benzene rings is 3. The summed E-state index contributed by atoms with van der Waals surface area (Å²) in [4.78, 5) is 44.8. The van der Waals surface area contributed by atoms with Gasteiger partial charge in [0.25, 0.3) is 5.69 Å². The summed E-state index contributed by atoms with van der Waals surface area (Å²) in [5, 5.41) is 10.9. The molecule has 3 aromatic rings. The third-order valence-electron chi connectivity index (χ3n) is 9.46. The highest BCUT2D eigenvalue weighted by atomic mass is 16.6. The van der Waals surface area contributed by atoms with Crippen LogP contribution in [0.4, 0.5) is 21.9 Å². The van der Waals surface area contributed by atoms with Crippen molar-refractivity contribution in [2.75, 3.05) is 49.6 Å². The monoisotopic (exact) mass is 627 g/mol. The number of amides is 3. The number of nitrogens with zero attached hydrogens (tertiary/aromatic N) is 5. The first-order valence-corrected chi connectivity index (χ1v) is 16.0. The van der Waals surface area contributed by atoms with Gasteiger partial charge < -0.3 is 14.4 Å². The van der Waals surface area contributed by atoms with Crippen LogP contribution in [-0.4, -0.2) is 78.6 Å². The summed E-state index contributed by atoms with van der Waals surface area (Å²) in [6.07, 6.45) is 4.46. The van der Waals surface area contributed by atoms with Gasteiger partial charge in [0.05, 0.1) is 18.6 Å². The van der Waals surface area contributed by atoms with E-state index in [1.54, 1.807) is 24.1 Å². The SMILES string of the molecule is COc1ccc(CN2C(=O)CCN(c3ccc(N4CCC(N5CCC(Oc6ccc([N+](=O)[O-])cc6)CC5)CC4)cc3C)C2=O)cc1. The Labute approximate surface area is 269 Å². The van der Waals surface area contributed by atoms with Crippen LogP contribution >= 0.6 is 0 Å². The summed E-state index contributed by atoms with van der Waals surface area (Å²) >= 11 is 0. The minimum atomic E-state index is -0.398. The number of carbonyl (C=O) groups excluding carboxylic acids is 2. The molecule has 0 N–H and O–H groups in total. The zero-order valence-electron chi connectivity index (χ0n) is 26.5. The number of hydrogen-bond donors (Lipinski definition) is 0. The van der Waals surface area contributed by atoms with Crippen LogP contribution in [0.1, 0.15) is 43.2 Å². The molecule has 0 radical (unpaired) electrons. The first kappa shape index (κ1) is 31.3. The summed E-state index contributed by atoms with van der Waals surface area (Å²) in [6, 6.07) is 20.3. The summed E-state index contributed by atoms with van der Waals surface area (Å²) in [5.74, 6) is 1.26. The Morgan fingerprint density at radius 3 is 2.15 bits per heavy atom. The van der Waals surface area contributed by atoms with Crippen molar-refractivity contribution in [2.45, 2.75) is 57.7 Å². The molecule has 0 atom stereocenters. The van der Waals surface area contributed by atoms with E-state index in [9.17, 15) is 19.7 Å². The van der Waals surface area contributed by atoms with Gasteiger partial charge in [0.2, 0.25) is 5.91 Å². The van der Waals surface area contributed by atoms with E-state index in [2.05, 4.69) is 21.9 Å². The van der Waals surface area contributed by atoms with E-state index in [1.807, 2.05) is 37.3 Å². The molecule has 46 heavy (non-hydrogen) atoms. The van der Waals surface area contributed by atoms with Crippen LogP contribution in [0.3, 0.4) is 0 Å². The number of rotatable bonds is 9. The quantitative estimate of drug-likeness (QED) is 0.217. The fraction of sp³-hybridized carbons (Fsp3) is 0.429. The van der Waals surface area contributed by atoms with Gasteiger partial charge in [-0.2, -0.15) is 0 Å². The van der Waals surface area contributed by atoms with Crippen molar-refractivity contribution < 1.29 is 24.0 Å². The Kier molecular flexibility index (Phi) is 9.39. The molecule has 0 unspecified atom stereocenters. The third kappa shape index (κ3) is 6.94. The van der Waals surface area contributed by atoms with Gasteiger partial charge in [0.15, 0.2) is 0 Å². The average molecular weight is 628 g/mol. The Morgan fingerprint density at radius 2 is 1.52 bits per heavy atom. The summed E-state index contributed by atoms with van der Waals surface area (Å²) in [7, 11) is 1.61. The summed E-state index contributed by atoms with van der Waals surface area (Å²) in [5.41, 5.74) is 3.96. The lowest BCUT2D eigenvalue weighted by atomic mass is 9.98. The normalized spacial score (nSPS) is 18.6. The second-order valence-electron chi connectivity index (χ2n) is 12.3. The fourth-order valence-corrected chi connectivity index (χ4v) is 6.81. The van der Waals surface area contributed by atoms with Crippen molar-refractivity contribution in [3.8, 4) is 11.5 Å². The van der Waals surface area contributed by atoms with Crippen LogP contribution in [0, 0.1) is 17.0 Å². The van der Waals surface area contributed by atoms with Crippen LogP contribution < -0.4 is 19.3 Å². The topological polar surface area (TPSA) is 109 Å². The highest BCUT2D eigenvalue weighted by Gasteiger charge is 2.34. The predicted octanol–water partition coefficient (Wildman–Crippen LogP) is 5.78. The highest BCUT2D eigenvalue weighted by molar-refractivity contribution is 6.06. The first-order chi connectivity index (χ1) is 22.3. The molecule has 0 bridgehead atoms. The van der Waals surface area contributed by atoms with E-state index < -0.39 is 4.92 Å². The van der Waals surface area contributed by atoms with Crippen LogP contribution in [0.5, 0.6) is 11.5 Å². The molecule has 11 nitrogen and oxygen atoms in total. The molecular formula is C35H41N5O6. The van der Waals surface area contributed by atoms with Gasteiger partial charge in [-0.1, -0.05) is 12.1 Å². The van der Waals surface area contributed by atoms with Gasteiger partial charge in [0.1, 0.15) is 17.6 Å². The zero-order valence-corrected chi connectivity index (χ0v) is 26.5. The van der Waals surface area contributed by atoms with Gasteiger partial charge in [-0.25, -0.2) is 4.79 Å². The molecule has 3 aliphatic rings. The average Bonchev–Trinajstić information content (AvgIpc) is 3.08. The lowest BCUT2D eigenvalue weighted by Crippen LogP contribution is -2.52. The molecule has 3 aromatic carbocycles. The molecule has 0 saturated carbocycles. The molecule has 3 saturated heterocycles. The van der Waals surface area contributed by atoms with Crippen molar-refractivity contribution in [1.29, 1.82) is 0 Å². The van der Waals surface area contributed by atoms with Crippen LogP contribution in [0.25, 0.3) is 0 Å². The number of nitro benzene ring substituents is 1. The van der Waals surface area contributed by atoms with Gasteiger partial charge in [-0.05, 0) is 86.2 Å². The maximum Gasteiger partial charge on any atom is 0.331 e. The van der Waals surface area contributed by atoms with Crippen molar-refractivity contribution in [3.05, 3.63) is 88.0 Å². The minimum absolute atomic E-state index is 0.0717. The highest BCUT2D eigenvalue weighted by Crippen LogP contribution is 2.32. The van der Waals surface area contributed by atoms with Gasteiger partial charge >= 0.3 is 6.03 Å². The van der Waals surface area contributed by atoms with Crippen molar-refractivity contribution in [1.82, 2.24) is 9.80 Å². The van der Waals surface area contributed by atoms with E-state index in [1.165, 1.54) is 17.0 Å². The smallest absolute Gasteiger partial charge is 0.331 e. The standard InChI is InChI=1S/C35H41N5O6/c1-25-23-29(7-12-33(25)38-22-17-34(41)39(35(38)42)24-26-3-8-30(45-2)9-4-26)37-18-13-27(14-19-37)36-20-15-32(16-21-36)46-31-10-5-28(6-11-31)40(43)44/h3-12,23,27,32H,13-22,24H2,1-2H3. The zero-order chi connectivity index (χ0) is 32.2. The Hall–Kier alpha value is -4.64. The van der Waals surface area contributed by atoms with Crippen LogP contribution in [-0.2, 0) is 11.3 Å². The van der Waals surface area contributed by atoms with Crippen molar-refractivity contribution >= 4 is 29.0 Å². The fourth-order valence-electron chi connectivity index (χ4n) is 6.81. The molecule has 3 aliphatic heterocycles. The molecule has 0 aliphatic carbocycles. The molecule has 6 rings (SSSR count). The van der Waals surface area contributed by atoms with Crippen LogP contribution in [0.15, 0.2) is 66.7 Å².